The first kappa shape index (κ1) is 15.5. The third-order valence-electron chi connectivity index (χ3n) is 3.35. The molecule has 2 N–H and O–H groups in total. The van der Waals surface area contributed by atoms with Crippen LogP contribution in [0, 0.1) is 10.1 Å². The van der Waals surface area contributed by atoms with Gasteiger partial charge in [-0.3, -0.25) is 10.7 Å². The van der Waals surface area contributed by atoms with E-state index in [-0.39, 0.29) is 5.82 Å². The molecule has 0 saturated carbocycles. The Kier molecular flexibility index (Phi) is 5.08. The lowest BCUT2D eigenvalue weighted by molar-refractivity contribution is -0.428. The minimum Gasteiger partial charge on any atom is -0.360 e. The SMILES string of the molecule is CC(=C(N)[N+](=O)[O-])N(Cc1ccccc1)Cc1cccnc1. The molecule has 6 heteroatoms. The minimum absolute atomic E-state index is 0.333. The fourth-order valence-electron chi connectivity index (χ4n) is 2.10. The fraction of sp³-hybridized carbons (Fsp3) is 0.188. The first-order chi connectivity index (χ1) is 10.6. The Morgan fingerprint density at radius 1 is 1.18 bits per heavy atom. The molecule has 0 aliphatic rings. The molecular formula is C16H18N4O2. The maximum Gasteiger partial charge on any atom is 0.333 e. The molecule has 0 radical (unpaired) electrons. The van der Waals surface area contributed by atoms with Crippen molar-refractivity contribution in [2.24, 2.45) is 5.73 Å². The highest BCUT2D eigenvalue weighted by Crippen LogP contribution is 2.16. The first-order valence-corrected chi connectivity index (χ1v) is 6.86. The Balaban J connectivity index is 2.28. The zero-order valence-electron chi connectivity index (χ0n) is 12.3. The molecule has 114 valence electrons. The number of nitrogens with two attached hydrogens (primary N) is 1. The third kappa shape index (κ3) is 4.05. The van der Waals surface area contributed by atoms with E-state index in [1.807, 2.05) is 47.4 Å². The van der Waals surface area contributed by atoms with Crippen molar-refractivity contribution in [3.8, 4) is 0 Å². The standard InChI is InChI=1S/C16H18N4O2/c1-13(16(17)20(21)22)19(11-14-6-3-2-4-7-14)12-15-8-5-9-18-10-15/h2-10H,11-12,17H2,1H3. The van der Waals surface area contributed by atoms with Gasteiger partial charge in [0.15, 0.2) is 0 Å². The van der Waals surface area contributed by atoms with Gasteiger partial charge in [0.2, 0.25) is 0 Å². The van der Waals surface area contributed by atoms with Gasteiger partial charge in [0, 0.05) is 25.5 Å². The first-order valence-electron chi connectivity index (χ1n) is 6.86. The molecule has 0 aliphatic carbocycles. The van der Waals surface area contributed by atoms with Crippen molar-refractivity contribution in [3.63, 3.8) is 0 Å². The van der Waals surface area contributed by atoms with Crippen molar-refractivity contribution in [1.82, 2.24) is 9.88 Å². The van der Waals surface area contributed by atoms with Crippen molar-refractivity contribution in [1.29, 1.82) is 0 Å². The van der Waals surface area contributed by atoms with Gasteiger partial charge in [-0.15, -0.1) is 0 Å². The molecular weight excluding hydrogens is 280 g/mol. The lowest BCUT2D eigenvalue weighted by Gasteiger charge is -2.25. The van der Waals surface area contributed by atoms with E-state index in [0.717, 1.165) is 11.1 Å². The smallest absolute Gasteiger partial charge is 0.333 e. The molecule has 1 aromatic heterocycles. The van der Waals surface area contributed by atoms with Crippen LogP contribution in [0.15, 0.2) is 66.4 Å². The zero-order chi connectivity index (χ0) is 15.9. The van der Waals surface area contributed by atoms with E-state index < -0.39 is 4.92 Å². The lowest BCUT2D eigenvalue weighted by atomic mass is 10.2. The van der Waals surface area contributed by atoms with Crippen molar-refractivity contribution < 1.29 is 4.92 Å². The molecule has 2 rings (SSSR count). The Hall–Kier alpha value is -2.89. The molecule has 1 aromatic carbocycles. The molecule has 0 bridgehead atoms. The summed E-state index contributed by atoms with van der Waals surface area (Å²) in [6.07, 6.45) is 3.44. The summed E-state index contributed by atoms with van der Waals surface area (Å²) in [5.74, 6) is -0.333. The van der Waals surface area contributed by atoms with E-state index in [1.165, 1.54) is 0 Å². The summed E-state index contributed by atoms with van der Waals surface area (Å²) in [7, 11) is 0. The number of nitrogens with zero attached hydrogens (tertiary/aromatic N) is 3. The molecule has 0 fully saturated rings. The lowest BCUT2D eigenvalue weighted by Crippen LogP contribution is -2.26. The van der Waals surface area contributed by atoms with E-state index in [0.29, 0.717) is 18.8 Å². The average Bonchev–Trinajstić information content (AvgIpc) is 2.54. The van der Waals surface area contributed by atoms with E-state index in [9.17, 15) is 10.1 Å². The number of nitro groups is 1. The van der Waals surface area contributed by atoms with Gasteiger partial charge >= 0.3 is 5.82 Å². The van der Waals surface area contributed by atoms with Gasteiger partial charge in [0.25, 0.3) is 0 Å². The van der Waals surface area contributed by atoms with Crippen molar-refractivity contribution >= 4 is 0 Å². The molecule has 22 heavy (non-hydrogen) atoms. The van der Waals surface area contributed by atoms with Crippen LogP contribution in [0.1, 0.15) is 18.1 Å². The molecule has 6 nitrogen and oxygen atoms in total. The minimum atomic E-state index is -0.559. The van der Waals surface area contributed by atoms with Crippen LogP contribution in [0.2, 0.25) is 0 Å². The maximum absolute atomic E-state index is 10.9. The van der Waals surface area contributed by atoms with Crippen LogP contribution in [0.25, 0.3) is 0 Å². The van der Waals surface area contributed by atoms with Crippen LogP contribution < -0.4 is 5.73 Å². The molecule has 0 spiro atoms. The molecule has 0 atom stereocenters. The van der Waals surface area contributed by atoms with Gasteiger partial charge in [-0.2, -0.15) is 0 Å². The maximum atomic E-state index is 10.9. The van der Waals surface area contributed by atoms with Crippen LogP contribution >= 0.6 is 0 Å². The van der Waals surface area contributed by atoms with Crippen LogP contribution in [0.3, 0.4) is 0 Å². The van der Waals surface area contributed by atoms with E-state index in [2.05, 4.69) is 4.98 Å². The Morgan fingerprint density at radius 3 is 2.41 bits per heavy atom. The molecule has 0 saturated heterocycles. The number of allylic oxidation sites excluding steroid dienone is 1. The Bertz CT molecular complexity index is 615. The number of benzene rings is 1. The number of rotatable bonds is 6. The number of aromatic nitrogens is 1. The Morgan fingerprint density at radius 2 is 1.82 bits per heavy atom. The second-order valence-electron chi connectivity index (χ2n) is 4.93. The van der Waals surface area contributed by atoms with Gasteiger partial charge < -0.3 is 15.0 Å². The summed E-state index contributed by atoms with van der Waals surface area (Å²) >= 11 is 0. The molecule has 2 aromatic rings. The largest absolute Gasteiger partial charge is 0.360 e. The van der Waals surface area contributed by atoms with E-state index in [1.54, 1.807) is 19.3 Å². The fourth-order valence-corrected chi connectivity index (χ4v) is 2.10. The summed E-state index contributed by atoms with van der Waals surface area (Å²) < 4.78 is 0. The predicted octanol–water partition coefficient (Wildman–Crippen LogP) is 2.51. The van der Waals surface area contributed by atoms with Gasteiger partial charge in [0.05, 0.1) is 0 Å². The summed E-state index contributed by atoms with van der Waals surface area (Å²) in [6, 6.07) is 13.5. The number of hydrogen-bond donors (Lipinski definition) is 1. The molecule has 0 aliphatic heterocycles. The molecule has 0 unspecified atom stereocenters. The van der Waals surface area contributed by atoms with Gasteiger partial charge in [0.1, 0.15) is 5.70 Å². The van der Waals surface area contributed by atoms with Crippen molar-refractivity contribution in [3.05, 3.63) is 87.6 Å². The van der Waals surface area contributed by atoms with Crippen LogP contribution in [0.5, 0.6) is 0 Å². The van der Waals surface area contributed by atoms with Crippen molar-refractivity contribution in [2.75, 3.05) is 0 Å². The van der Waals surface area contributed by atoms with Crippen LogP contribution in [-0.4, -0.2) is 14.8 Å². The zero-order valence-corrected chi connectivity index (χ0v) is 12.3. The number of hydrogen-bond acceptors (Lipinski definition) is 5. The normalized spacial score (nSPS) is 11.7. The monoisotopic (exact) mass is 298 g/mol. The van der Waals surface area contributed by atoms with Gasteiger partial charge in [-0.05, 0) is 29.0 Å². The Labute approximate surface area is 129 Å². The summed E-state index contributed by atoms with van der Waals surface area (Å²) in [5, 5.41) is 10.9. The average molecular weight is 298 g/mol. The van der Waals surface area contributed by atoms with E-state index >= 15 is 0 Å². The van der Waals surface area contributed by atoms with Gasteiger partial charge in [-0.25, -0.2) is 0 Å². The molecule has 1 heterocycles. The summed E-state index contributed by atoms with van der Waals surface area (Å²) in [4.78, 5) is 16.3. The van der Waals surface area contributed by atoms with Gasteiger partial charge in [-0.1, -0.05) is 36.4 Å². The topological polar surface area (TPSA) is 85.3 Å². The third-order valence-corrected chi connectivity index (χ3v) is 3.35. The highest BCUT2D eigenvalue weighted by molar-refractivity contribution is 5.18. The van der Waals surface area contributed by atoms with Crippen LogP contribution in [-0.2, 0) is 13.1 Å². The quantitative estimate of drug-likeness (QED) is 0.654. The number of pyridine rings is 1. The highest BCUT2D eigenvalue weighted by atomic mass is 16.6. The van der Waals surface area contributed by atoms with Crippen molar-refractivity contribution in [2.45, 2.75) is 20.0 Å². The second kappa shape index (κ2) is 7.21. The van der Waals surface area contributed by atoms with Crippen LogP contribution in [0.4, 0.5) is 0 Å². The summed E-state index contributed by atoms with van der Waals surface area (Å²) in [6.45, 7) is 2.71. The van der Waals surface area contributed by atoms with E-state index in [4.69, 9.17) is 5.73 Å². The second-order valence-corrected chi connectivity index (χ2v) is 4.93. The highest BCUT2D eigenvalue weighted by Gasteiger charge is 2.16. The molecule has 0 amide bonds. The summed E-state index contributed by atoms with van der Waals surface area (Å²) in [5.41, 5.74) is 8.06. The predicted molar refractivity (Wildman–Crippen MR) is 83.8 cm³/mol.